The fraction of sp³-hybridized carbons (Fsp3) is 0.0667. The molecule has 3 aromatic rings. The van der Waals surface area contributed by atoms with E-state index >= 15 is 0 Å². The van der Waals surface area contributed by atoms with Crippen LogP contribution in [0.3, 0.4) is 0 Å². The maximum absolute atomic E-state index is 13.1. The SMILES string of the molecule is Cc1cc(Nc2ccc(NC(=O)c3ccc(F)c(F)c3)nn2)no1. The highest BCUT2D eigenvalue weighted by molar-refractivity contribution is 6.03. The van der Waals surface area contributed by atoms with Crippen LogP contribution in [-0.4, -0.2) is 21.3 Å². The van der Waals surface area contributed by atoms with Crippen molar-refractivity contribution in [1.82, 2.24) is 15.4 Å². The van der Waals surface area contributed by atoms with Crippen molar-refractivity contribution in [2.24, 2.45) is 0 Å². The summed E-state index contributed by atoms with van der Waals surface area (Å²) < 4.78 is 30.9. The maximum Gasteiger partial charge on any atom is 0.256 e. The van der Waals surface area contributed by atoms with Gasteiger partial charge in [-0.05, 0) is 37.3 Å². The Kier molecular flexibility index (Phi) is 4.15. The number of aromatic nitrogens is 3. The first kappa shape index (κ1) is 15.5. The highest BCUT2D eigenvalue weighted by Crippen LogP contribution is 2.15. The molecule has 0 fully saturated rings. The summed E-state index contributed by atoms with van der Waals surface area (Å²) in [6.45, 7) is 1.75. The number of halogens is 2. The molecule has 0 spiro atoms. The van der Waals surface area contributed by atoms with Gasteiger partial charge in [-0.1, -0.05) is 5.16 Å². The Morgan fingerprint density at radius 1 is 1.00 bits per heavy atom. The van der Waals surface area contributed by atoms with Crippen molar-refractivity contribution in [3.05, 3.63) is 59.4 Å². The molecule has 2 aromatic heterocycles. The zero-order chi connectivity index (χ0) is 17.1. The zero-order valence-corrected chi connectivity index (χ0v) is 12.4. The molecule has 2 N–H and O–H groups in total. The van der Waals surface area contributed by atoms with Crippen LogP contribution in [0.4, 0.5) is 26.2 Å². The van der Waals surface area contributed by atoms with Crippen molar-refractivity contribution in [3.8, 4) is 0 Å². The van der Waals surface area contributed by atoms with E-state index in [1.807, 2.05) is 0 Å². The quantitative estimate of drug-likeness (QED) is 0.763. The molecule has 0 bridgehead atoms. The summed E-state index contributed by atoms with van der Waals surface area (Å²) in [5, 5.41) is 16.7. The lowest BCUT2D eigenvalue weighted by molar-refractivity contribution is 0.102. The van der Waals surface area contributed by atoms with Crippen molar-refractivity contribution >= 4 is 23.4 Å². The van der Waals surface area contributed by atoms with E-state index in [2.05, 4.69) is 26.0 Å². The van der Waals surface area contributed by atoms with Crippen LogP contribution in [0.15, 0.2) is 40.9 Å². The first-order valence-corrected chi connectivity index (χ1v) is 6.82. The summed E-state index contributed by atoms with van der Waals surface area (Å²) in [5.74, 6) is -1.08. The summed E-state index contributed by atoms with van der Waals surface area (Å²) in [6, 6.07) is 7.60. The first-order chi connectivity index (χ1) is 11.5. The highest BCUT2D eigenvalue weighted by atomic mass is 19.2. The van der Waals surface area contributed by atoms with Crippen LogP contribution in [0.25, 0.3) is 0 Å². The van der Waals surface area contributed by atoms with Crippen LogP contribution >= 0.6 is 0 Å². The molecule has 3 rings (SSSR count). The molecule has 1 amide bonds. The third-order valence-electron chi connectivity index (χ3n) is 2.97. The predicted octanol–water partition coefficient (Wildman–Crippen LogP) is 3.05. The third-order valence-corrected chi connectivity index (χ3v) is 2.97. The van der Waals surface area contributed by atoms with Gasteiger partial charge < -0.3 is 15.2 Å². The minimum Gasteiger partial charge on any atom is -0.360 e. The van der Waals surface area contributed by atoms with E-state index in [1.54, 1.807) is 19.1 Å². The number of hydrogen-bond acceptors (Lipinski definition) is 6. The van der Waals surface area contributed by atoms with Gasteiger partial charge in [-0.25, -0.2) is 8.78 Å². The fourth-order valence-corrected chi connectivity index (χ4v) is 1.85. The number of amides is 1. The second-order valence-electron chi connectivity index (χ2n) is 4.83. The van der Waals surface area contributed by atoms with Crippen molar-refractivity contribution in [2.75, 3.05) is 10.6 Å². The number of nitrogens with zero attached hydrogens (tertiary/aromatic N) is 3. The number of aryl methyl sites for hydroxylation is 1. The van der Waals surface area contributed by atoms with E-state index in [1.165, 1.54) is 12.1 Å². The van der Waals surface area contributed by atoms with Gasteiger partial charge in [-0.3, -0.25) is 4.79 Å². The van der Waals surface area contributed by atoms with Crippen LogP contribution in [-0.2, 0) is 0 Å². The number of nitrogens with one attached hydrogen (secondary N) is 2. The predicted molar refractivity (Wildman–Crippen MR) is 80.9 cm³/mol. The second-order valence-corrected chi connectivity index (χ2v) is 4.83. The molecular weight excluding hydrogens is 320 g/mol. The Morgan fingerprint density at radius 3 is 2.38 bits per heavy atom. The molecule has 7 nitrogen and oxygen atoms in total. The molecule has 9 heteroatoms. The molecule has 0 atom stereocenters. The zero-order valence-electron chi connectivity index (χ0n) is 12.4. The first-order valence-electron chi connectivity index (χ1n) is 6.82. The van der Waals surface area contributed by atoms with E-state index in [-0.39, 0.29) is 11.4 Å². The van der Waals surface area contributed by atoms with Gasteiger partial charge >= 0.3 is 0 Å². The average molecular weight is 331 g/mol. The molecule has 24 heavy (non-hydrogen) atoms. The average Bonchev–Trinajstić information content (AvgIpc) is 2.97. The minimum atomic E-state index is -1.10. The lowest BCUT2D eigenvalue weighted by Gasteiger charge is -2.05. The number of carbonyl (C=O) groups is 1. The van der Waals surface area contributed by atoms with Crippen LogP contribution in [0.1, 0.15) is 16.1 Å². The number of anilines is 3. The van der Waals surface area contributed by atoms with E-state index in [0.717, 1.165) is 12.1 Å². The van der Waals surface area contributed by atoms with Crippen LogP contribution in [0.5, 0.6) is 0 Å². The smallest absolute Gasteiger partial charge is 0.256 e. The Balaban J connectivity index is 1.67. The van der Waals surface area contributed by atoms with E-state index in [0.29, 0.717) is 17.4 Å². The lowest BCUT2D eigenvalue weighted by atomic mass is 10.2. The second kappa shape index (κ2) is 6.41. The van der Waals surface area contributed by atoms with E-state index in [4.69, 9.17) is 4.52 Å². The number of carbonyl (C=O) groups excluding carboxylic acids is 1. The standard InChI is InChI=1S/C15H11F2N5O2/c1-8-6-14(22-24-8)18-12-4-5-13(21-20-12)19-15(23)9-2-3-10(16)11(17)7-9/h2-7H,1H3,(H,18,20,22)(H,19,21,23). The third kappa shape index (κ3) is 3.51. The molecule has 0 saturated carbocycles. The van der Waals surface area contributed by atoms with Crippen molar-refractivity contribution in [3.63, 3.8) is 0 Å². The minimum absolute atomic E-state index is 0.0315. The van der Waals surface area contributed by atoms with Crippen LogP contribution < -0.4 is 10.6 Å². The summed E-state index contributed by atoms with van der Waals surface area (Å²) >= 11 is 0. The largest absolute Gasteiger partial charge is 0.360 e. The Hall–Kier alpha value is -3.36. The lowest BCUT2D eigenvalue weighted by Crippen LogP contribution is -2.14. The molecule has 0 aliphatic rings. The van der Waals surface area contributed by atoms with Gasteiger partial charge in [0, 0.05) is 11.6 Å². The fourth-order valence-electron chi connectivity index (χ4n) is 1.85. The van der Waals surface area contributed by atoms with Crippen LogP contribution in [0.2, 0.25) is 0 Å². The Morgan fingerprint density at radius 2 is 1.75 bits per heavy atom. The normalized spacial score (nSPS) is 10.5. The molecule has 2 heterocycles. The van der Waals surface area contributed by atoms with E-state index in [9.17, 15) is 13.6 Å². The summed E-state index contributed by atoms with van der Waals surface area (Å²) in [7, 11) is 0. The Bertz CT molecular complexity index is 880. The molecule has 122 valence electrons. The molecule has 0 aliphatic heterocycles. The van der Waals surface area contributed by atoms with Gasteiger partial charge in [0.05, 0.1) is 0 Å². The molecule has 1 aromatic carbocycles. The molecule has 0 aliphatic carbocycles. The monoisotopic (exact) mass is 331 g/mol. The van der Waals surface area contributed by atoms with E-state index < -0.39 is 17.5 Å². The summed E-state index contributed by atoms with van der Waals surface area (Å²) in [4.78, 5) is 12.0. The topological polar surface area (TPSA) is 92.9 Å². The van der Waals surface area contributed by atoms with Gasteiger partial charge in [0.15, 0.2) is 29.1 Å². The van der Waals surface area contributed by atoms with Crippen LogP contribution in [0, 0.1) is 18.6 Å². The van der Waals surface area contributed by atoms with Gasteiger partial charge in [-0.2, -0.15) is 0 Å². The van der Waals surface area contributed by atoms with Gasteiger partial charge in [0.25, 0.3) is 5.91 Å². The number of hydrogen-bond donors (Lipinski definition) is 2. The Labute approximate surface area is 134 Å². The number of rotatable bonds is 4. The van der Waals surface area contributed by atoms with Crippen molar-refractivity contribution < 1.29 is 18.1 Å². The highest BCUT2D eigenvalue weighted by Gasteiger charge is 2.11. The summed E-state index contributed by atoms with van der Waals surface area (Å²) in [5.41, 5.74) is -0.0315. The maximum atomic E-state index is 13.1. The van der Waals surface area contributed by atoms with Gasteiger partial charge in [0.2, 0.25) is 0 Å². The van der Waals surface area contributed by atoms with Gasteiger partial charge in [0.1, 0.15) is 5.76 Å². The molecule has 0 saturated heterocycles. The molecular formula is C15H11F2N5O2. The number of benzene rings is 1. The van der Waals surface area contributed by atoms with Crippen molar-refractivity contribution in [2.45, 2.75) is 6.92 Å². The molecule has 0 radical (unpaired) electrons. The van der Waals surface area contributed by atoms with Crippen molar-refractivity contribution in [1.29, 1.82) is 0 Å². The summed E-state index contributed by atoms with van der Waals surface area (Å²) in [6.07, 6.45) is 0. The molecule has 0 unspecified atom stereocenters. The van der Waals surface area contributed by atoms with Gasteiger partial charge in [-0.15, -0.1) is 10.2 Å².